The molecule has 1 aliphatic heterocycles. The van der Waals surface area contributed by atoms with Crippen LogP contribution in [0.2, 0.25) is 10.0 Å². The predicted molar refractivity (Wildman–Crippen MR) is 130 cm³/mol. The van der Waals surface area contributed by atoms with E-state index in [-0.39, 0.29) is 27.7 Å². The molecule has 8 heteroatoms. The van der Waals surface area contributed by atoms with Crippen molar-refractivity contribution < 1.29 is 18.7 Å². The average molecular weight is 515 g/mol. The molecule has 0 aliphatic carbocycles. The molecule has 1 N–H and O–H groups in total. The molecule has 35 heavy (non-hydrogen) atoms. The van der Waals surface area contributed by atoms with E-state index in [1.165, 1.54) is 35.2 Å². The highest BCUT2D eigenvalue weighted by molar-refractivity contribution is 6.31. The number of aryl methyl sites for hydroxylation is 1. The van der Waals surface area contributed by atoms with Gasteiger partial charge in [-0.25, -0.2) is 13.6 Å². The van der Waals surface area contributed by atoms with E-state index in [4.69, 9.17) is 23.2 Å². The number of halogens is 4. The number of carboxylic acids is 1. The van der Waals surface area contributed by atoms with Crippen LogP contribution >= 0.6 is 23.2 Å². The zero-order valence-electron chi connectivity index (χ0n) is 19.0. The summed E-state index contributed by atoms with van der Waals surface area (Å²) in [4.78, 5) is 14.5. The molecule has 1 heterocycles. The van der Waals surface area contributed by atoms with Crippen molar-refractivity contribution in [2.45, 2.75) is 43.8 Å². The fourth-order valence-corrected chi connectivity index (χ4v) is 5.68. The second kappa shape index (κ2) is 9.58. The largest absolute Gasteiger partial charge is 0.479 e. The molecule has 0 spiro atoms. The molecule has 4 atom stereocenters. The summed E-state index contributed by atoms with van der Waals surface area (Å²) in [6, 6.07) is 17.1. The summed E-state index contributed by atoms with van der Waals surface area (Å²) in [5.74, 6) is -5.08. The van der Waals surface area contributed by atoms with Gasteiger partial charge in [0.1, 0.15) is 11.6 Å². The minimum atomic E-state index is -2.20. The van der Waals surface area contributed by atoms with Gasteiger partial charge < -0.3 is 5.11 Å². The highest BCUT2D eigenvalue weighted by atomic mass is 35.5. The number of carbonyl (C=O) groups is 1. The first-order chi connectivity index (χ1) is 16.6. The maximum absolute atomic E-state index is 15.4. The van der Waals surface area contributed by atoms with Crippen molar-refractivity contribution >= 4 is 29.2 Å². The third kappa shape index (κ3) is 4.18. The third-order valence-corrected chi connectivity index (χ3v) is 7.37. The number of aliphatic carboxylic acids is 1. The fourth-order valence-electron chi connectivity index (χ4n) is 5.34. The smallest absolute Gasteiger partial charge is 0.339 e. The van der Waals surface area contributed by atoms with Crippen LogP contribution in [0, 0.1) is 29.9 Å². The quantitative estimate of drug-likeness (QED) is 0.411. The molecule has 0 aromatic heterocycles. The molecule has 1 unspecified atom stereocenters. The molecule has 0 radical (unpaired) electrons. The molecular weight excluding hydrogens is 493 g/mol. The summed E-state index contributed by atoms with van der Waals surface area (Å²) in [7, 11) is 0. The number of benzene rings is 3. The van der Waals surface area contributed by atoms with E-state index >= 15 is 8.78 Å². The van der Waals surface area contributed by atoms with E-state index < -0.39 is 41.0 Å². The molecule has 0 saturated carbocycles. The van der Waals surface area contributed by atoms with Crippen LogP contribution in [0.25, 0.3) is 0 Å². The molecule has 1 saturated heterocycles. The minimum absolute atomic E-state index is 0.0561. The zero-order valence-corrected chi connectivity index (χ0v) is 20.5. The highest BCUT2D eigenvalue weighted by Gasteiger charge is 2.64. The maximum atomic E-state index is 15.4. The fraction of sp³-hybridized carbons (Fsp3) is 0.259. The number of nitriles is 1. The lowest BCUT2D eigenvalue weighted by Crippen LogP contribution is -2.53. The number of likely N-dealkylation sites (tertiary alicyclic amines) is 1. The van der Waals surface area contributed by atoms with Gasteiger partial charge in [-0.3, -0.25) is 4.90 Å². The molecule has 0 bridgehead atoms. The summed E-state index contributed by atoms with van der Waals surface area (Å²) in [5, 5.41) is 20.9. The van der Waals surface area contributed by atoms with Crippen molar-refractivity contribution in [1.82, 2.24) is 4.90 Å². The molecule has 3 aromatic carbocycles. The summed E-state index contributed by atoms with van der Waals surface area (Å²) in [5.41, 5.74) is -0.366. The highest BCUT2D eigenvalue weighted by Crippen LogP contribution is 2.55. The number of rotatable bonds is 5. The van der Waals surface area contributed by atoms with Crippen molar-refractivity contribution in [2.75, 3.05) is 0 Å². The Kier molecular flexibility index (Phi) is 6.88. The summed E-state index contributed by atoms with van der Waals surface area (Å²) < 4.78 is 30.7. The van der Waals surface area contributed by atoms with Crippen molar-refractivity contribution in [2.24, 2.45) is 0 Å². The number of nitrogens with zero attached hydrogens (tertiary/aromatic N) is 2. The Morgan fingerprint density at radius 3 is 2.46 bits per heavy atom. The Bertz CT molecular complexity index is 1340. The second-order valence-corrected chi connectivity index (χ2v) is 9.70. The van der Waals surface area contributed by atoms with Crippen LogP contribution in [-0.4, -0.2) is 27.6 Å². The van der Waals surface area contributed by atoms with Crippen LogP contribution in [0.5, 0.6) is 0 Å². The first kappa shape index (κ1) is 25.1. The third-order valence-electron chi connectivity index (χ3n) is 6.84. The Morgan fingerprint density at radius 2 is 1.83 bits per heavy atom. The van der Waals surface area contributed by atoms with Crippen LogP contribution in [0.4, 0.5) is 8.78 Å². The number of carboxylic acid groups (broad SMARTS) is 1. The van der Waals surface area contributed by atoms with Crippen LogP contribution in [0.15, 0.2) is 60.7 Å². The Morgan fingerprint density at radius 1 is 1.11 bits per heavy atom. The lowest BCUT2D eigenvalue weighted by atomic mass is 9.72. The van der Waals surface area contributed by atoms with Gasteiger partial charge in [0.2, 0.25) is 5.54 Å². The van der Waals surface area contributed by atoms with Crippen LogP contribution in [0.3, 0.4) is 0 Å². The molecular formula is C27H22Cl2F2N2O2. The average Bonchev–Trinajstić information content (AvgIpc) is 3.04. The molecule has 1 aliphatic rings. The maximum Gasteiger partial charge on any atom is 0.339 e. The molecule has 3 aromatic rings. The van der Waals surface area contributed by atoms with Gasteiger partial charge in [-0.05, 0) is 48.7 Å². The predicted octanol–water partition coefficient (Wildman–Crippen LogP) is 6.70. The van der Waals surface area contributed by atoms with Gasteiger partial charge in [-0.1, -0.05) is 71.2 Å². The standard InChI is InChI=1S/C27H22Cl2F2N2O2/c1-15-5-3-6-17(11-15)13-33-16(2)23(19-10-9-18(28)12-22(19)30)24(27(33,14-32)26(34)35)20-7-4-8-21(29)25(20)31/h3-12,16,23-24H,13H2,1-2H3,(H,34,35)/t16?,23-,24+,27-/m0/s1. The van der Waals surface area contributed by atoms with E-state index in [1.54, 1.807) is 6.92 Å². The lowest BCUT2D eigenvalue weighted by Gasteiger charge is -2.34. The zero-order chi connectivity index (χ0) is 25.5. The Labute approximate surface area is 212 Å². The first-order valence-corrected chi connectivity index (χ1v) is 11.7. The minimum Gasteiger partial charge on any atom is -0.479 e. The normalized spacial score (nSPS) is 24.3. The summed E-state index contributed by atoms with van der Waals surface area (Å²) >= 11 is 12.0. The first-order valence-electron chi connectivity index (χ1n) is 11.0. The molecule has 1 fully saturated rings. The van der Waals surface area contributed by atoms with E-state index in [2.05, 4.69) is 0 Å². The van der Waals surface area contributed by atoms with E-state index in [1.807, 2.05) is 37.3 Å². The number of hydrogen-bond acceptors (Lipinski definition) is 3. The Balaban J connectivity index is 2.01. The van der Waals surface area contributed by atoms with Crippen molar-refractivity contribution in [3.05, 3.63) is 105 Å². The van der Waals surface area contributed by atoms with E-state index in [9.17, 15) is 15.2 Å². The van der Waals surface area contributed by atoms with Crippen LogP contribution in [0.1, 0.15) is 41.0 Å². The van der Waals surface area contributed by atoms with Gasteiger partial charge in [-0.2, -0.15) is 5.26 Å². The van der Waals surface area contributed by atoms with E-state index in [0.717, 1.165) is 17.2 Å². The van der Waals surface area contributed by atoms with Crippen LogP contribution in [-0.2, 0) is 11.3 Å². The van der Waals surface area contributed by atoms with Crippen molar-refractivity contribution in [3.8, 4) is 6.07 Å². The summed E-state index contributed by atoms with van der Waals surface area (Å²) in [6.45, 7) is 3.72. The van der Waals surface area contributed by atoms with E-state index in [0.29, 0.717) is 0 Å². The van der Waals surface area contributed by atoms with Gasteiger partial charge in [0.05, 0.1) is 11.1 Å². The van der Waals surface area contributed by atoms with Gasteiger partial charge >= 0.3 is 5.97 Å². The number of hydrogen-bond donors (Lipinski definition) is 1. The van der Waals surface area contributed by atoms with Gasteiger partial charge in [0.25, 0.3) is 0 Å². The Hall–Kier alpha value is -2.98. The topological polar surface area (TPSA) is 64.3 Å². The monoisotopic (exact) mass is 514 g/mol. The molecule has 180 valence electrons. The van der Waals surface area contributed by atoms with Crippen molar-refractivity contribution in [3.63, 3.8) is 0 Å². The van der Waals surface area contributed by atoms with Gasteiger partial charge in [0.15, 0.2) is 0 Å². The summed E-state index contributed by atoms with van der Waals surface area (Å²) in [6.07, 6.45) is 0. The van der Waals surface area contributed by atoms with Gasteiger partial charge in [-0.15, -0.1) is 0 Å². The second-order valence-electron chi connectivity index (χ2n) is 8.85. The van der Waals surface area contributed by atoms with Gasteiger partial charge in [0, 0.05) is 29.4 Å². The SMILES string of the molecule is Cc1cccc(CN2C(C)[C@@H](c3ccc(Cl)cc3F)[C@@H](c3cccc(Cl)c3F)[C@@]2(C#N)C(=O)O)c1. The molecule has 4 nitrogen and oxygen atoms in total. The van der Waals surface area contributed by atoms with Crippen LogP contribution < -0.4 is 0 Å². The van der Waals surface area contributed by atoms with Crippen molar-refractivity contribution in [1.29, 1.82) is 5.26 Å². The molecule has 0 amide bonds. The lowest BCUT2D eigenvalue weighted by molar-refractivity contribution is -0.147. The molecule has 4 rings (SSSR count).